The first-order valence-electron chi connectivity index (χ1n) is 5.62. The van der Waals surface area contributed by atoms with Gasteiger partial charge in [-0.25, -0.2) is 0 Å². The van der Waals surface area contributed by atoms with Crippen molar-refractivity contribution in [2.24, 2.45) is 0 Å². The van der Waals surface area contributed by atoms with Crippen molar-refractivity contribution < 1.29 is 27.8 Å². The fourth-order valence-corrected chi connectivity index (χ4v) is 1.99. The van der Waals surface area contributed by atoms with Crippen LogP contribution in [0.5, 0.6) is 5.75 Å². The second-order valence-electron chi connectivity index (χ2n) is 4.08. The third-order valence-corrected chi connectivity index (χ3v) is 2.78. The summed E-state index contributed by atoms with van der Waals surface area (Å²) in [6, 6.07) is 5.57. The molecule has 1 heterocycles. The van der Waals surface area contributed by atoms with Crippen LogP contribution < -0.4 is 4.74 Å². The van der Waals surface area contributed by atoms with Crippen LogP contribution in [-0.2, 0) is 4.74 Å². The molecule has 1 saturated heterocycles. The van der Waals surface area contributed by atoms with Crippen molar-refractivity contribution in [2.75, 3.05) is 6.61 Å². The van der Waals surface area contributed by atoms with E-state index in [1.54, 1.807) is 6.07 Å². The second-order valence-corrected chi connectivity index (χ2v) is 4.08. The van der Waals surface area contributed by atoms with E-state index < -0.39 is 18.6 Å². The normalized spacial score (nSPS) is 21.9. The Bertz CT molecular complexity index is 400. The first-order valence-corrected chi connectivity index (χ1v) is 5.62. The van der Waals surface area contributed by atoms with E-state index in [1.165, 1.54) is 18.2 Å². The Morgan fingerprint density at radius 2 is 2.06 bits per heavy atom. The van der Waals surface area contributed by atoms with E-state index in [4.69, 9.17) is 4.74 Å². The maximum absolute atomic E-state index is 12.2. The number of ether oxygens (including phenoxy) is 2. The van der Waals surface area contributed by atoms with E-state index >= 15 is 0 Å². The lowest BCUT2D eigenvalue weighted by atomic mass is 10.0. The fraction of sp³-hybridized carbons (Fsp3) is 0.500. The Balaban J connectivity index is 2.20. The molecule has 2 atom stereocenters. The smallest absolute Gasteiger partial charge is 0.405 e. The van der Waals surface area contributed by atoms with Crippen molar-refractivity contribution in [3.05, 3.63) is 29.8 Å². The first-order chi connectivity index (χ1) is 8.47. The lowest BCUT2D eigenvalue weighted by Gasteiger charge is -2.21. The quantitative estimate of drug-likeness (QED) is 0.910. The van der Waals surface area contributed by atoms with Gasteiger partial charge in [-0.1, -0.05) is 18.2 Å². The third-order valence-electron chi connectivity index (χ3n) is 2.78. The Morgan fingerprint density at radius 3 is 2.67 bits per heavy atom. The molecule has 1 fully saturated rings. The molecule has 100 valence electrons. The largest absolute Gasteiger partial charge is 0.573 e. The molecule has 0 bridgehead atoms. The van der Waals surface area contributed by atoms with Gasteiger partial charge in [0.15, 0.2) is 0 Å². The minimum Gasteiger partial charge on any atom is -0.405 e. The SMILES string of the molecule is OC(c1ccccc1OC(F)(F)F)C1CCCO1. The summed E-state index contributed by atoms with van der Waals surface area (Å²) in [5.74, 6) is -0.381. The monoisotopic (exact) mass is 262 g/mol. The van der Waals surface area contributed by atoms with Gasteiger partial charge >= 0.3 is 6.36 Å². The Morgan fingerprint density at radius 1 is 1.33 bits per heavy atom. The molecule has 2 unspecified atom stereocenters. The van der Waals surface area contributed by atoms with Crippen LogP contribution in [0.2, 0.25) is 0 Å². The molecule has 0 aliphatic carbocycles. The molecular weight excluding hydrogens is 249 g/mol. The standard InChI is InChI=1S/C12H13F3O3/c13-12(14,15)18-9-5-2-1-4-8(9)11(16)10-6-3-7-17-10/h1-2,4-5,10-11,16H,3,6-7H2. The first kappa shape index (κ1) is 13.2. The van der Waals surface area contributed by atoms with E-state index in [0.717, 1.165) is 6.42 Å². The lowest BCUT2D eigenvalue weighted by molar-refractivity contribution is -0.275. The predicted molar refractivity (Wildman–Crippen MR) is 57.1 cm³/mol. The molecule has 2 rings (SSSR count). The summed E-state index contributed by atoms with van der Waals surface area (Å²) in [6.07, 6.45) is -4.92. The molecule has 0 aromatic heterocycles. The zero-order valence-corrected chi connectivity index (χ0v) is 9.48. The molecule has 1 aliphatic rings. The number of alkyl halides is 3. The molecular formula is C12H13F3O3. The van der Waals surface area contributed by atoms with Gasteiger partial charge in [-0.05, 0) is 18.9 Å². The van der Waals surface area contributed by atoms with Crippen LogP contribution in [0, 0.1) is 0 Å². The average Bonchev–Trinajstić information content (AvgIpc) is 2.80. The summed E-state index contributed by atoms with van der Waals surface area (Å²) in [6.45, 7) is 0.518. The molecule has 0 amide bonds. The number of hydrogen-bond donors (Lipinski definition) is 1. The maximum atomic E-state index is 12.2. The molecule has 0 saturated carbocycles. The summed E-state index contributed by atoms with van der Waals surface area (Å²) in [4.78, 5) is 0. The Labute approximate surface area is 102 Å². The number of rotatable bonds is 3. The van der Waals surface area contributed by atoms with Crippen molar-refractivity contribution in [1.29, 1.82) is 0 Å². The van der Waals surface area contributed by atoms with Crippen LogP contribution >= 0.6 is 0 Å². The molecule has 6 heteroatoms. The van der Waals surface area contributed by atoms with Gasteiger partial charge in [-0.2, -0.15) is 0 Å². The second kappa shape index (κ2) is 5.16. The van der Waals surface area contributed by atoms with Gasteiger partial charge in [0, 0.05) is 12.2 Å². The fourth-order valence-electron chi connectivity index (χ4n) is 1.99. The number of benzene rings is 1. The van der Waals surface area contributed by atoms with Gasteiger partial charge < -0.3 is 14.6 Å². The Hall–Kier alpha value is -1.27. The molecule has 0 radical (unpaired) electrons. The predicted octanol–water partition coefficient (Wildman–Crippen LogP) is 2.80. The maximum Gasteiger partial charge on any atom is 0.573 e. The number of aliphatic hydroxyl groups is 1. The number of halogens is 3. The zero-order valence-electron chi connectivity index (χ0n) is 9.48. The number of para-hydroxylation sites is 1. The topological polar surface area (TPSA) is 38.7 Å². The van der Waals surface area contributed by atoms with Crippen LogP contribution in [0.15, 0.2) is 24.3 Å². The van der Waals surface area contributed by atoms with Gasteiger partial charge in [0.2, 0.25) is 0 Å². The summed E-state index contributed by atoms with van der Waals surface area (Å²) < 4.78 is 45.8. The summed E-state index contributed by atoms with van der Waals surface area (Å²) in [7, 11) is 0. The van der Waals surface area contributed by atoms with Gasteiger partial charge in [0.05, 0.1) is 6.10 Å². The summed E-state index contributed by atoms with van der Waals surface area (Å²) in [5.41, 5.74) is 0.0988. The highest BCUT2D eigenvalue weighted by molar-refractivity contribution is 5.35. The molecule has 3 nitrogen and oxygen atoms in total. The van der Waals surface area contributed by atoms with Crippen molar-refractivity contribution >= 4 is 0 Å². The summed E-state index contributed by atoms with van der Waals surface area (Å²) >= 11 is 0. The van der Waals surface area contributed by atoms with Crippen LogP contribution in [0.4, 0.5) is 13.2 Å². The molecule has 1 aromatic rings. The molecule has 18 heavy (non-hydrogen) atoms. The number of aliphatic hydroxyl groups excluding tert-OH is 1. The van der Waals surface area contributed by atoms with Gasteiger partial charge in [-0.3, -0.25) is 0 Å². The molecule has 1 aliphatic heterocycles. The highest BCUT2D eigenvalue weighted by Crippen LogP contribution is 2.34. The Kier molecular flexibility index (Phi) is 3.77. The van der Waals surface area contributed by atoms with Crippen LogP contribution in [0.25, 0.3) is 0 Å². The van der Waals surface area contributed by atoms with Crippen molar-refractivity contribution in [2.45, 2.75) is 31.4 Å². The van der Waals surface area contributed by atoms with Crippen LogP contribution in [0.1, 0.15) is 24.5 Å². The van der Waals surface area contributed by atoms with E-state index in [-0.39, 0.29) is 11.3 Å². The van der Waals surface area contributed by atoms with Crippen molar-refractivity contribution in [3.8, 4) is 5.75 Å². The third kappa shape index (κ3) is 3.14. The van der Waals surface area contributed by atoms with Crippen LogP contribution in [-0.4, -0.2) is 24.2 Å². The van der Waals surface area contributed by atoms with E-state index in [9.17, 15) is 18.3 Å². The summed E-state index contributed by atoms with van der Waals surface area (Å²) in [5, 5.41) is 10.0. The number of hydrogen-bond acceptors (Lipinski definition) is 3. The van der Waals surface area contributed by atoms with Gasteiger partial charge in [-0.15, -0.1) is 13.2 Å². The zero-order chi connectivity index (χ0) is 13.2. The molecule has 1 N–H and O–H groups in total. The minimum absolute atomic E-state index is 0.0988. The van der Waals surface area contributed by atoms with Crippen molar-refractivity contribution in [1.82, 2.24) is 0 Å². The van der Waals surface area contributed by atoms with Crippen LogP contribution in [0.3, 0.4) is 0 Å². The molecule has 1 aromatic carbocycles. The molecule has 0 spiro atoms. The highest BCUT2D eigenvalue weighted by atomic mass is 19.4. The van der Waals surface area contributed by atoms with E-state index in [2.05, 4.69) is 4.74 Å². The van der Waals surface area contributed by atoms with Gasteiger partial charge in [0.1, 0.15) is 11.9 Å². The van der Waals surface area contributed by atoms with E-state index in [0.29, 0.717) is 13.0 Å². The lowest BCUT2D eigenvalue weighted by Crippen LogP contribution is -2.22. The highest BCUT2D eigenvalue weighted by Gasteiger charge is 2.34. The average molecular weight is 262 g/mol. The minimum atomic E-state index is -4.77. The van der Waals surface area contributed by atoms with Crippen molar-refractivity contribution in [3.63, 3.8) is 0 Å². The van der Waals surface area contributed by atoms with Gasteiger partial charge in [0.25, 0.3) is 0 Å². The van der Waals surface area contributed by atoms with E-state index in [1.807, 2.05) is 0 Å².